The molecule has 0 bridgehead atoms. The summed E-state index contributed by atoms with van der Waals surface area (Å²) in [5.41, 5.74) is 6.96. The average Bonchev–Trinajstić information content (AvgIpc) is 2.93. The van der Waals surface area contributed by atoms with Crippen molar-refractivity contribution in [3.63, 3.8) is 0 Å². The van der Waals surface area contributed by atoms with Crippen LogP contribution in [0.5, 0.6) is 0 Å². The molecule has 0 aliphatic carbocycles. The summed E-state index contributed by atoms with van der Waals surface area (Å²) >= 11 is 0. The average molecular weight is 295 g/mol. The zero-order valence-corrected chi connectivity index (χ0v) is 11.3. The molecule has 0 amide bonds. The molecule has 3 rings (SSSR count). The third-order valence-corrected chi connectivity index (χ3v) is 3.52. The number of benzene rings is 1. The van der Waals surface area contributed by atoms with Gasteiger partial charge in [0.1, 0.15) is 0 Å². The second kappa shape index (κ2) is 4.24. The van der Waals surface area contributed by atoms with Gasteiger partial charge in [0.25, 0.3) is 0 Å². The molecule has 0 saturated heterocycles. The largest absolute Gasteiger partial charge is 0.416 e. The van der Waals surface area contributed by atoms with Crippen LogP contribution < -0.4 is 5.73 Å². The van der Waals surface area contributed by atoms with Crippen LogP contribution in [0, 0.1) is 6.92 Å². The monoisotopic (exact) mass is 295 g/mol. The number of nitrogens with two attached hydrogens (primary N) is 1. The van der Waals surface area contributed by atoms with E-state index >= 15 is 0 Å². The molecule has 0 aliphatic heterocycles. The molecule has 8 heteroatoms. The molecule has 1 aromatic carbocycles. The molecule has 2 heterocycles. The SMILES string of the molecule is Cc1c(-c2cc(C(F)(F)F)cc3[nH]ncc23)c(N)nn1C. The molecule has 3 aromatic rings. The van der Waals surface area contributed by atoms with Gasteiger partial charge in [-0.05, 0) is 24.6 Å². The van der Waals surface area contributed by atoms with Crippen molar-refractivity contribution in [2.75, 3.05) is 5.73 Å². The lowest BCUT2D eigenvalue weighted by atomic mass is 9.98. The van der Waals surface area contributed by atoms with E-state index in [1.807, 2.05) is 0 Å². The Hall–Kier alpha value is -2.51. The summed E-state index contributed by atoms with van der Waals surface area (Å²) < 4.78 is 40.7. The second-order valence-electron chi connectivity index (χ2n) is 4.82. The van der Waals surface area contributed by atoms with Gasteiger partial charge >= 0.3 is 6.18 Å². The van der Waals surface area contributed by atoms with Gasteiger partial charge in [-0.1, -0.05) is 0 Å². The molecular formula is C13H12F3N5. The third kappa shape index (κ3) is 2.03. The Balaban J connectivity index is 2.38. The number of nitrogens with one attached hydrogen (secondary N) is 1. The molecule has 0 fully saturated rings. The van der Waals surface area contributed by atoms with E-state index in [2.05, 4.69) is 15.3 Å². The van der Waals surface area contributed by atoms with Crippen molar-refractivity contribution in [1.29, 1.82) is 0 Å². The van der Waals surface area contributed by atoms with Crippen molar-refractivity contribution in [2.45, 2.75) is 13.1 Å². The number of fused-ring (bicyclic) bond motifs is 1. The predicted octanol–water partition coefficient (Wildman–Crippen LogP) is 2.87. The van der Waals surface area contributed by atoms with E-state index in [-0.39, 0.29) is 5.82 Å². The molecule has 110 valence electrons. The van der Waals surface area contributed by atoms with Gasteiger partial charge in [-0.2, -0.15) is 23.4 Å². The van der Waals surface area contributed by atoms with E-state index in [1.165, 1.54) is 10.9 Å². The smallest absolute Gasteiger partial charge is 0.382 e. The molecule has 3 N–H and O–H groups in total. The van der Waals surface area contributed by atoms with Crippen LogP contribution in [-0.2, 0) is 13.2 Å². The van der Waals surface area contributed by atoms with Crippen LogP contribution >= 0.6 is 0 Å². The van der Waals surface area contributed by atoms with Crippen molar-refractivity contribution in [3.8, 4) is 11.1 Å². The minimum atomic E-state index is -4.45. The maximum absolute atomic E-state index is 13.0. The molecule has 0 atom stereocenters. The number of aryl methyl sites for hydroxylation is 1. The Morgan fingerprint density at radius 3 is 2.57 bits per heavy atom. The molecule has 0 saturated carbocycles. The number of nitrogen functional groups attached to an aromatic ring is 1. The van der Waals surface area contributed by atoms with Gasteiger partial charge in [-0.3, -0.25) is 9.78 Å². The van der Waals surface area contributed by atoms with Gasteiger partial charge in [-0.25, -0.2) is 0 Å². The number of anilines is 1. The van der Waals surface area contributed by atoms with Crippen molar-refractivity contribution in [3.05, 3.63) is 29.6 Å². The quantitative estimate of drug-likeness (QED) is 0.725. The number of H-pyrrole nitrogens is 1. The Labute approximate surface area is 117 Å². The highest BCUT2D eigenvalue weighted by molar-refractivity contribution is 5.98. The molecule has 2 aromatic heterocycles. The van der Waals surface area contributed by atoms with Gasteiger partial charge in [0.05, 0.1) is 17.3 Å². The number of nitrogens with zero attached hydrogens (tertiary/aromatic N) is 3. The highest BCUT2D eigenvalue weighted by Gasteiger charge is 2.32. The van der Waals surface area contributed by atoms with E-state index in [9.17, 15) is 13.2 Å². The summed E-state index contributed by atoms with van der Waals surface area (Å²) in [6, 6.07) is 2.12. The van der Waals surface area contributed by atoms with Gasteiger partial charge < -0.3 is 5.73 Å². The highest BCUT2D eigenvalue weighted by atomic mass is 19.4. The molecule has 0 spiro atoms. The number of hydrogen-bond donors (Lipinski definition) is 2. The Kier molecular flexibility index (Phi) is 2.72. The number of halogens is 3. The van der Waals surface area contributed by atoms with E-state index in [4.69, 9.17) is 5.73 Å². The number of aromatic amines is 1. The number of rotatable bonds is 1. The lowest BCUT2D eigenvalue weighted by Gasteiger charge is -2.10. The maximum atomic E-state index is 13.0. The zero-order valence-electron chi connectivity index (χ0n) is 11.3. The Bertz CT molecular complexity index is 828. The number of alkyl halides is 3. The number of aromatic nitrogens is 4. The molecule has 21 heavy (non-hydrogen) atoms. The summed E-state index contributed by atoms with van der Waals surface area (Å²) in [5, 5.41) is 11.0. The minimum Gasteiger partial charge on any atom is -0.382 e. The van der Waals surface area contributed by atoms with Crippen LogP contribution in [-0.4, -0.2) is 20.0 Å². The lowest BCUT2D eigenvalue weighted by Crippen LogP contribution is -2.05. The van der Waals surface area contributed by atoms with Crippen LogP contribution in [0.2, 0.25) is 0 Å². The summed E-state index contributed by atoms with van der Waals surface area (Å²) in [4.78, 5) is 0. The standard InChI is InChI=1S/C13H12F3N5/c1-6-11(12(17)20-21(6)2)8-3-7(13(14,15)16)4-10-9(8)5-18-19-10/h3-5H,1-2H3,(H2,17,20)(H,18,19). The third-order valence-electron chi connectivity index (χ3n) is 3.52. The van der Waals surface area contributed by atoms with Crippen molar-refractivity contribution < 1.29 is 13.2 Å². The Morgan fingerprint density at radius 1 is 1.29 bits per heavy atom. The fourth-order valence-electron chi connectivity index (χ4n) is 2.39. The molecule has 5 nitrogen and oxygen atoms in total. The van der Waals surface area contributed by atoms with Gasteiger partial charge in [0, 0.05) is 23.7 Å². The number of hydrogen-bond acceptors (Lipinski definition) is 3. The molecule has 0 unspecified atom stereocenters. The first-order valence-electron chi connectivity index (χ1n) is 6.13. The first kappa shape index (κ1) is 13.5. The first-order valence-corrected chi connectivity index (χ1v) is 6.13. The van der Waals surface area contributed by atoms with Crippen LogP contribution in [0.4, 0.5) is 19.0 Å². The normalized spacial score (nSPS) is 12.2. The summed E-state index contributed by atoms with van der Waals surface area (Å²) in [6.07, 6.45) is -2.96. The zero-order chi connectivity index (χ0) is 15.4. The highest BCUT2D eigenvalue weighted by Crippen LogP contribution is 2.39. The maximum Gasteiger partial charge on any atom is 0.416 e. The van der Waals surface area contributed by atoms with Crippen LogP contribution in [0.25, 0.3) is 22.0 Å². The minimum absolute atomic E-state index is 0.192. The summed E-state index contributed by atoms with van der Waals surface area (Å²) in [5.74, 6) is 0.192. The van der Waals surface area contributed by atoms with Crippen molar-refractivity contribution in [1.82, 2.24) is 20.0 Å². The van der Waals surface area contributed by atoms with E-state index in [1.54, 1.807) is 14.0 Å². The topological polar surface area (TPSA) is 72.5 Å². The fourth-order valence-corrected chi connectivity index (χ4v) is 2.39. The van der Waals surface area contributed by atoms with Gasteiger partial charge in [0.15, 0.2) is 5.82 Å². The molecule has 0 radical (unpaired) electrons. The summed E-state index contributed by atoms with van der Waals surface area (Å²) in [6.45, 7) is 1.75. The van der Waals surface area contributed by atoms with E-state index in [0.717, 1.165) is 12.1 Å². The van der Waals surface area contributed by atoms with E-state index < -0.39 is 11.7 Å². The predicted molar refractivity (Wildman–Crippen MR) is 72.4 cm³/mol. The first-order chi connectivity index (χ1) is 9.79. The molecular weight excluding hydrogens is 283 g/mol. The van der Waals surface area contributed by atoms with Crippen molar-refractivity contribution >= 4 is 16.7 Å². The van der Waals surface area contributed by atoms with Gasteiger partial charge in [-0.15, -0.1) is 0 Å². The Morgan fingerprint density at radius 2 is 2.00 bits per heavy atom. The summed E-state index contributed by atoms with van der Waals surface area (Å²) in [7, 11) is 1.69. The lowest BCUT2D eigenvalue weighted by molar-refractivity contribution is -0.137. The van der Waals surface area contributed by atoms with E-state index in [0.29, 0.717) is 27.7 Å². The molecule has 0 aliphatic rings. The second-order valence-corrected chi connectivity index (χ2v) is 4.82. The van der Waals surface area contributed by atoms with Gasteiger partial charge in [0.2, 0.25) is 0 Å². The van der Waals surface area contributed by atoms with Crippen LogP contribution in [0.15, 0.2) is 18.3 Å². The van der Waals surface area contributed by atoms with Crippen molar-refractivity contribution in [2.24, 2.45) is 7.05 Å². The fraction of sp³-hybridized carbons (Fsp3) is 0.231. The van der Waals surface area contributed by atoms with Crippen LogP contribution in [0.3, 0.4) is 0 Å². The van der Waals surface area contributed by atoms with Crippen LogP contribution in [0.1, 0.15) is 11.3 Å².